The molecule has 2 aliphatic rings. The molecule has 7 nitrogen and oxygen atoms in total. The molecule has 0 unspecified atom stereocenters. The molecule has 1 aromatic heterocycles. The maximum absolute atomic E-state index is 13.1. The van der Waals surface area contributed by atoms with Gasteiger partial charge in [-0.15, -0.1) is 0 Å². The number of aromatic nitrogens is 2. The van der Waals surface area contributed by atoms with E-state index in [0.717, 1.165) is 64.0 Å². The summed E-state index contributed by atoms with van der Waals surface area (Å²) in [4.78, 5) is 20.0. The van der Waals surface area contributed by atoms with Gasteiger partial charge in [0.15, 0.2) is 5.82 Å². The fourth-order valence-corrected chi connectivity index (χ4v) is 5.29. The van der Waals surface area contributed by atoms with Gasteiger partial charge in [0.05, 0.1) is 12.8 Å². The highest BCUT2D eigenvalue weighted by molar-refractivity contribution is 5.95. The number of carbonyl (C=O) groups excluding carboxylic acids is 1. The molecule has 36 heavy (non-hydrogen) atoms. The van der Waals surface area contributed by atoms with Crippen molar-refractivity contribution in [3.63, 3.8) is 0 Å². The molecule has 1 aliphatic heterocycles. The van der Waals surface area contributed by atoms with Gasteiger partial charge in [-0.05, 0) is 59.8 Å². The third-order valence-corrected chi connectivity index (χ3v) is 7.75. The Balaban J connectivity index is 1.68. The second-order valence-electron chi connectivity index (χ2n) is 10.9. The number of H-pyrrole nitrogens is 1. The molecule has 1 saturated heterocycles. The van der Waals surface area contributed by atoms with Crippen LogP contribution >= 0.6 is 0 Å². The number of rotatable bonds is 10. The van der Waals surface area contributed by atoms with Crippen LogP contribution < -0.4 is 5.32 Å². The molecular formula is C29H38N4O3. The van der Waals surface area contributed by atoms with Crippen molar-refractivity contribution in [2.75, 3.05) is 40.0 Å². The maximum atomic E-state index is 13.1. The molecule has 1 fully saturated rings. The van der Waals surface area contributed by atoms with E-state index in [0.29, 0.717) is 17.7 Å². The number of imidazole rings is 1. The lowest BCUT2D eigenvalue weighted by Crippen LogP contribution is -2.43. The van der Waals surface area contributed by atoms with Crippen molar-refractivity contribution < 1.29 is 14.3 Å². The first-order valence-corrected chi connectivity index (χ1v) is 12.9. The van der Waals surface area contributed by atoms with Crippen molar-refractivity contribution in [3.8, 4) is 6.07 Å². The fourth-order valence-electron chi connectivity index (χ4n) is 5.29. The monoisotopic (exact) mass is 490 g/mol. The van der Waals surface area contributed by atoms with Gasteiger partial charge in [0.1, 0.15) is 11.8 Å². The predicted octanol–water partition coefficient (Wildman–Crippen LogP) is 4.58. The Hall–Kier alpha value is -2.79. The van der Waals surface area contributed by atoms with Gasteiger partial charge in [-0.1, -0.05) is 38.1 Å². The number of aromatic amines is 1. The summed E-state index contributed by atoms with van der Waals surface area (Å²) >= 11 is 0. The Morgan fingerprint density at radius 2 is 2.08 bits per heavy atom. The molecule has 0 atom stereocenters. The largest absolute Gasteiger partial charge is 0.383 e. The highest BCUT2D eigenvalue weighted by atomic mass is 16.5. The number of nitrogens with zero attached hydrogens (tertiary/aromatic N) is 2. The molecule has 2 heterocycles. The number of nitriles is 1. The molecule has 1 aliphatic carbocycles. The summed E-state index contributed by atoms with van der Waals surface area (Å²) in [5.74, 6) is 0.132. The number of hydrogen-bond donors (Lipinski definition) is 2. The minimum atomic E-state index is -0.107. The van der Waals surface area contributed by atoms with Crippen LogP contribution in [0.15, 0.2) is 30.5 Å². The summed E-state index contributed by atoms with van der Waals surface area (Å²) in [6.45, 7) is 8.48. The van der Waals surface area contributed by atoms with E-state index in [1.807, 2.05) is 6.07 Å². The molecule has 0 spiro atoms. The van der Waals surface area contributed by atoms with Crippen LogP contribution in [0.4, 0.5) is 0 Å². The molecule has 4 rings (SSSR count). The van der Waals surface area contributed by atoms with Crippen LogP contribution in [0, 0.1) is 16.7 Å². The smallest absolute Gasteiger partial charge is 0.202 e. The van der Waals surface area contributed by atoms with Gasteiger partial charge in [0.2, 0.25) is 5.78 Å². The summed E-state index contributed by atoms with van der Waals surface area (Å²) in [5, 5.41) is 12.7. The minimum absolute atomic E-state index is 0.0134. The van der Waals surface area contributed by atoms with E-state index >= 15 is 0 Å². The number of ketones is 1. The lowest BCUT2D eigenvalue weighted by atomic mass is 9.71. The summed E-state index contributed by atoms with van der Waals surface area (Å²) in [6, 6.07) is 8.67. The number of hydrogen-bond acceptors (Lipinski definition) is 6. The van der Waals surface area contributed by atoms with Crippen molar-refractivity contribution in [1.82, 2.24) is 15.3 Å². The van der Waals surface area contributed by atoms with Crippen LogP contribution in [0.1, 0.15) is 79.0 Å². The zero-order valence-corrected chi connectivity index (χ0v) is 21.8. The Kier molecular flexibility index (Phi) is 8.40. The number of benzene rings is 1. The van der Waals surface area contributed by atoms with Crippen molar-refractivity contribution in [3.05, 3.63) is 58.7 Å². The first kappa shape index (κ1) is 26.3. The first-order valence-electron chi connectivity index (χ1n) is 12.9. The molecule has 0 saturated carbocycles. The molecule has 2 N–H and O–H groups in total. The maximum Gasteiger partial charge on any atom is 0.202 e. The Morgan fingerprint density at radius 3 is 2.75 bits per heavy atom. The van der Waals surface area contributed by atoms with Crippen molar-refractivity contribution in [2.24, 2.45) is 5.41 Å². The van der Waals surface area contributed by atoms with Gasteiger partial charge in [0.25, 0.3) is 0 Å². The quantitative estimate of drug-likeness (QED) is 0.373. The van der Waals surface area contributed by atoms with Crippen LogP contribution in [-0.4, -0.2) is 55.8 Å². The highest BCUT2D eigenvalue weighted by Gasteiger charge is 2.35. The molecule has 192 valence electrons. The zero-order valence-electron chi connectivity index (χ0n) is 21.8. The van der Waals surface area contributed by atoms with Gasteiger partial charge in [-0.3, -0.25) is 4.79 Å². The van der Waals surface area contributed by atoms with E-state index in [4.69, 9.17) is 14.7 Å². The van der Waals surface area contributed by atoms with E-state index in [9.17, 15) is 4.79 Å². The number of carbonyl (C=O) groups is 1. The predicted molar refractivity (Wildman–Crippen MR) is 140 cm³/mol. The molecule has 0 amide bonds. The Labute approximate surface area is 214 Å². The molecule has 0 bridgehead atoms. The summed E-state index contributed by atoms with van der Waals surface area (Å²) in [6.07, 6.45) is 9.09. The summed E-state index contributed by atoms with van der Waals surface area (Å²) in [5.41, 5.74) is 5.40. The molecule has 7 heteroatoms. The molecular weight excluding hydrogens is 452 g/mol. The third-order valence-electron chi connectivity index (χ3n) is 7.75. The second kappa shape index (κ2) is 11.5. The van der Waals surface area contributed by atoms with E-state index < -0.39 is 0 Å². The van der Waals surface area contributed by atoms with Gasteiger partial charge in [-0.25, -0.2) is 4.98 Å². The minimum Gasteiger partial charge on any atom is -0.383 e. The van der Waals surface area contributed by atoms with Crippen LogP contribution in [0.5, 0.6) is 0 Å². The lowest BCUT2D eigenvalue weighted by molar-refractivity contribution is 0.0492. The lowest BCUT2D eigenvalue weighted by Gasteiger charge is -2.39. The van der Waals surface area contributed by atoms with E-state index in [1.54, 1.807) is 7.11 Å². The van der Waals surface area contributed by atoms with Crippen molar-refractivity contribution >= 4 is 11.4 Å². The highest BCUT2D eigenvalue weighted by Crippen LogP contribution is 2.41. The Bertz CT molecular complexity index is 1140. The first-order chi connectivity index (χ1) is 17.4. The van der Waals surface area contributed by atoms with E-state index in [-0.39, 0.29) is 23.4 Å². The van der Waals surface area contributed by atoms with Gasteiger partial charge < -0.3 is 19.8 Å². The van der Waals surface area contributed by atoms with E-state index in [1.165, 1.54) is 22.9 Å². The van der Waals surface area contributed by atoms with Gasteiger partial charge in [0, 0.05) is 45.2 Å². The molecule has 0 radical (unpaired) electrons. The van der Waals surface area contributed by atoms with Gasteiger partial charge in [-0.2, -0.15) is 5.26 Å². The fraction of sp³-hybridized carbons (Fsp3) is 0.552. The number of ether oxygens (including phenoxy) is 2. The molecule has 2 aromatic rings. The second-order valence-corrected chi connectivity index (χ2v) is 10.9. The van der Waals surface area contributed by atoms with Gasteiger partial charge >= 0.3 is 0 Å². The topological polar surface area (TPSA) is 100 Å². The third kappa shape index (κ3) is 6.12. The number of allylic oxidation sites excluding steroid dienone is 2. The SMILES string of the molecule is COCCNCC1(c2ccc(CC(=O)c3ncc(C#N)[nH]3)c(C3=CCC(C)(C)CC3)c2)CCOCC1. The summed E-state index contributed by atoms with van der Waals surface area (Å²) in [7, 11) is 1.72. The standard InChI is InChI=1S/C29H38N4O3/c1-28(2)8-6-21(7-9-28)25-17-23(29(10-13-36-14-11-29)20-31-12-15-35-3)5-4-22(25)16-26(34)27-32-19-24(18-30)33-27/h4-6,17,19,31H,7-16,20H2,1-3H3,(H,32,33). The van der Waals surface area contributed by atoms with E-state index in [2.05, 4.69) is 53.4 Å². The van der Waals surface area contributed by atoms with Crippen molar-refractivity contribution in [1.29, 1.82) is 5.26 Å². The number of Topliss-reactive ketones (excluding diaryl/α,β-unsaturated/α-hetero) is 1. The van der Waals surface area contributed by atoms with Crippen LogP contribution in [0.3, 0.4) is 0 Å². The average molecular weight is 491 g/mol. The average Bonchev–Trinajstić information content (AvgIpc) is 3.37. The number of methoxy groups -OCH3 is 1. The Morgan fingerprint density at radius 1 is 1.28 bits per heavy atom. The van der Waals surface area contributed by atoms with Crippen LogP contribution in [0.25, 0.3) is 5.57 Å². The van der Waals surface area contributed by atoms with Crippen LogP contribution in [-0.2, 0) is 21.3 Å². The van der Waals surface area contributed by atoms with Crippen molar-refractivity contribution in [2.45, 2.75) is 57.8 Å². The zero-order chi connectivity index (χ0) is 25.6. The normalized spacial score (nSPS) is 18.9. The molecule has 1 aromatic carbocycles. The number of nitrogens with one attached hydrogen (secondary N) is 2. The van der Waals surface area contributed by atoms with Crippen LogP contribution in [0.2, 0.25) is 0 Å². The summed E-state index contributed by atoms with van der Waals surface area (Å²) < 4.78 is 11.0.